The minimum atomic E-state index is -1.09. The van der Waals surface area contributed by atoms with E-state index in [1.54, 1.807) is 6.07 Å². The van der Waals surface area contributed by atoms with Crippen LogP contribution in [0.5, 0.6) is 11.5 Å². The quantitative estimate of drug-likeness (QED) is 0.738. The molecule has 0 radical (unpaired) electrons. The number of aromatic hydroxyl groups is 1. The second-order valence-corrected chi connectivity index (χ2v) is 3.95. The van der Waals surface area contributed by atoms with E-state index >= 15 is 0 Å². The molecular formula is C10H10ClNO4. The Morgan fingerprint density at radius 1 is 1.62 bits per heavy atom. The van der Waals surface area contributed by atoms with Gasteiger partial charge in [-0.3, -0.25) is 0 Å². The summed E-state index contributed by atoms with van der Waals surface area (Å²) in [5.74, 6) is 0.607. The van der Waals surface area contributed by atoms with Gasteiger partial charge in [-0.1, -0.05) is 11.6 Å². The molecule has 1 heterocycles. The number of nitrogens with one attached hydrogen (secondary N) is 1. The minimum Gasteiger partial charge on any atom is -0.508 e. The van der Waals surface area contributed by atoms with Gasteiger partial charge in [0.05, 0.1) is 11.6 Å². The third-order valence-corrected chi connectivity index (χ3v) is 2.60. The van der Waals surface area contributed by atoms with Crippen LogP contribution in [-0.2, 0) is 6.42 Å². The molecular weight excluding hydrogens is 234 g/mol. The number of hydrogen-bond donors (Lipinski definition) is 3. The Bertz CT molecular complexity index is 435. The Labute approximate surface area is 96.6 Å². The molecule has 0 aliphatic carbocycles. The maximum atomic E-state index is 10.3. The average Bonchev–Trinajstić information content (AvgIpc) is 2.57. The number of hydrogen-bond acceptors (Lipinski definition) is 3. The van der Waals surface area contributed by atoms with Crippen molar-refractivity contribution in [2.45, 2.75) is 12.5 Å². The van der Waals surface area contributed by atoms with Crippen LogP contribution < -0.4 is 10.1 Å². The van der Waals surface area contributed by atoms with Crippen LogP contribution in [0.2, 0.25) is 5.02 Å². The van der Waals surface area contributed by atoms with Gasteiger partial charge in [-0.05, 0) is 6.07 Å². The Balaban J connectivity index is 2.09. The summed E-state index contributed by atoms with van der Waals surface area (Å²) in [6, 6.07) is 2.97. The highest BCUT2D eigenvalue weighted by Gasteiger charge is 2.26. The summed E-state index contributed by atoms with van der Waals surface area (Å²) in [7, 11) is 0. The Morgan fingerprint density at radius 3 is 3.06 bits per heavy atom. The van der Waals surface area contributed by atoms with E-state index in [-0.39, 0.29) is 18.4 Å². The molecule has 1 aliphatic rings. The molecule has 3 N–H and O–H groups in total. The number of benzene rings is 1. The molecule has 1 aliphatic heterocycles. The number of phenols is 1. The Hall–Kier alpha value is -1.62. The summed E-state index contributed by atoms with van der Waals surface area (Å²) in [5, 5.41) is 20.4. The molecule has 0 aromatic heterocycles. The van der Waals surface area contributed by atoms with E-state index in [1.807, 2.05) is 0 Å². The van der Waals surface area contributed by atoms with Crippen molar-refractivity contribution in [1.29, 1.82) is 0 Å². The Morgan fingerprint density at radius 2 is 2.38 bits per heavy atom. The van der Waals surface area contributed by atoms with Crippen molar-refractivity contribution in [3.63, 3.8) is 0 Å². The molecule has 16 heavy (non-hydrogen) atoms. The molecule has 2 rings (SSSR count). The van der Waals surface area contributed by atoms with E-state index in [9.17, 15) is 9.90 Å². The van der Waals surface area contributed by atoms with Gasteiger partial charge in [0.25, 0.3) is 0 Å². The molecule has 0 spiro atoms. The molecule has 6 heteroatoms. The number of carbonyl (C=O) groups is 1. The number of phenolic OH excluding ortho intramolecular Hbond substituents is 1. The predicted octanol–water partition coefficient (Wildman–Crippen LogP) is 1.62. The van der Waals surface area contributed by atoms with E-state index in [4.69, 9.17) is 21.4 Å². The largest absolute Gasteiger partial charge is 0.508 e. The fourth-order valence-electron chi connectivity index (χ4n) is 1.69. The van der Waals surface area contributed by atoms with Crippen LogP contribution in [0.15, 0.2) is 12.1 Å². The number of halogens is 1. The normalized spacial score (nSPS) is 17.7. The summed E-state index contributed by atoms with van der Waals surface area (Å²) in [4.78, 5) is 10.3. The van der Waals surface area contributed by atoms with Crippen molar-refractivity contribution >= 4 is 17.7 Å². The first kappa shape index (κ1) is 10.9. The number of amides is 1. The second kappa shape index (κ2) is 4.09. The highest BCUT2D eigenvalue weighted by molar-refractivity contribution is 6.32. The molecule has 0 saturated carbocycles. The van der Waals surface area contributed by atoms with Gasteiger partial charge in [0.15, 0.2) is 0 Å². The molecule has 1 aromatic carbocycles. The topological polar surface area (TPSA) is 78.8 Å². The number of fused-ring (bicyclic) bond motifs is 1. The first-order valence-corrected chi connectivity index (χ1v) is 5.09. The van der Waals surface area contributed by atoms with E-state index in [0.717, 1.165) is 5.56 Å². The van der Waals surface area contributed by atoms with Gasteiger partial charge in [0.2, 0.25) is 0 Å². The van der Waals surface area contributed by atoms with E-state index in [0.29, 0.717) is 17.2 Å². The monoisotopic (exact) mass is 243 g/mol. The minimum absolute atomic E-state index is 0.0826. The summed E-state index contributed by atoms with van der Waals surface area (Å²) < 4.78 is 5.47. The van der Waals surface area contributed by atoms with Crippen LogP contribution in [0.25, 0.3) is 0 Å². The lowest BCUT2D eigenvalue weighted by Crippen LogP contribution is -2.33. The zero-order valence-electron chi connectivity index (χ0n) is 8.24. The van der Waals surface area contributed by atoms with E-state index in [1.165, 1.54) is 6.07 Å². The van der Waals surface area contributed by atoms with Gasteiger partial charge in [0, 0.05) is 18.1 Å². The second-order valence-electron chi connectivity index (χ2n) is 3.55. The number of carboxylic acid groups (broad SMARTS) is 1. The van der Waals surface area contributed by atoms with Gasteiger partial charge in [-0.25, -0.2) is 4.79 Å². The van der Waals surface area contributed by atoms with Crippen LogP contribution in [-0.4, -0.2) is 29.0 Å². The molecule has 1 aromatic rings. The fourth-order valence-corrected chi connectivity index (χ4v) is 1.96. The lowest BCUT2D eigenvalue weighted by atomic mass is 10.1. The van der Waals surface area contributed by atoms with Crippen LogP contribution in [0, 0.1) is 0 Å². The first-order chi connectivity index (χ1) is 7.56. The van der Waals surface area contributed by atoms with Crippen molar-refractivity contribution in [3.05, 3.63) is 22.7 Å². The van der Waals surface area contributed by atoms with Crippen molar-refractivity contribution in [3.8, 4) is 11.5 Å². The van der Waals surface area contributed by atoms with Gasteiger partial charge in [0.1, 0.15) is 17.6 Å². The smallest absolute Gasteiger partial charge is 0.404 e. The third kappa shape index (κ3) is 2.14. The number of ether oxygens (including phenoxy) is 1. The highest BCUT2D eigenvalue weighted by atomic mass is 35.5. The van der Waals surface area contributed by atoms with Crippen LogP contribution in [0.3, 0.4) is 0 Å². The summed E-state index contributed by atoms with van der Waals surface area (Å²) >= 11 is 5.88. The molecule has 0 saturated heterocycles. The molecule has 1 atom stereocenters. The molecule has 1 unspecified atom stereocenters. The summed E-state index contributed by atoms with van der Waals surface area (Å²) in [6.45, 7) is 0.196. The Kier molecular flexibility index (Phi) is 2.78. The average molecular weight is 244 g/mol. The summed E-state index contributed by atoms with van der Waals surface area (Å²) in [5.41, 5.74) is 0.794. The van der Waals surface area contributed by atoms with Crippen molar-refractivity contribution in [1.82, 2.24) is 5.32 Å². The molecule has 86 valence electrons. The fraction of sp³-hybridized carbons (Fsp3) is 0.300. The van der Waals surface area contributed by atoms with E-state index in [2.05, 4.69) is 5.32 Å². The van der Waals surface area contributed by atoms with Crippen LogP contribution >= 0.6 is 11.6 Å². The van der Waals surface area contributed by atoms with Gasteiger partial charge < -0.3 is 20.3 Å². The molecule has 5 nitrogen and oxygen atoms in total. The lowest BCUT2D eigenvalue weighted by Gasteiger charge is -2.10. The van der Waals surface area contributed by atoms with Crippen LogP contribution in [0.1, 0.15) is 5.56 Å². The van der Waals surface area contributed by atoms with E-state index < -0.39 is 6.09 Å². The maximum Gasteiger partial charge on any atom is 0.404 e. The third-order valence-electron chi connectivity index (χ3n) is 2.32. The maximum absolute atomic E-state index is 10.3. The van der Waals surface area contributed by atoms with Gasteiger partial charge >= 0.3 is 6.09 Å². The van der Waals surface area contributed by atoms with Crippen molar-refractivity contribution in [2.24, 2.45) is 0 Å². The predicted molar refractivity (Wildman–Crippen MR) is 57.3 cm³/mol. The van der Waals surface area contributed by atoms with Gasteiger partial charge in [-0.2, -0.15) is 0 Å². The zero-order valence-corrected chi connectivity index (χ0v) is 8.99. The summed E-state index contributed by atoms with van der Waals surface area (Å²) in [6.07, 6.45) is -0.831. The molecule has 1 amide bonds. The van der Waals surface area contributed by atoms with Gasteiger partial charge in [-0.15, -0.1) is 0 Å². The first-order valence-electron chi connectivity index (χ1n) is 4.71. The molecule has 0 bridgehead atoms. The number of rotatable bonds is 2. The SMILES string of the molecule is O=C(O)NCC1Cc2cc(O)cc(Cl)c2O1. The van der Waals surface area contributed by atoms with Crippen molar-refractivity contribution < 1.29 is 19.7 Å². The molecule has 0 fully saturated rings. The van der Waals surface area contributed by atoms with Crippen molar-refractivity contribution in [2.75, 3.05) is 6.54 Å². The highest BCUT2D eigenvalue weighted by Crippen LogP contribution is 2.38. The lowest BCUT2D eigenvalue weighted by molar-refractivity contribution is 0.181. The standard InChI is InChI=1S/C10H10ClNO4/c11-8-3-6(13)1-5-2-7(16-9(5)8)4-12-10(14)15/h1,3,7,12-13H,2,4H2,(H,14,15). The zero-order chi connectivity index (χ0) is 11.7. The van der Waals surface area contributed by atoms with Crippen LogP contribution in [0.4, 0.5) is 4.79 Å².